The minimum Gasteiger partial charge on any atom is -0.466 e. The third-order valence-electron chi connectivity index (χ3n) is 1.95. The van der Waals surface area contributed by atoms with Gasteiger partial charge in [0.1, 0.15) is 6.54 Å². The maximum Gasteiger partial charge on any atom is 0.325 e. The van der Waals surface area contributed by atoms with Gasteiger partial charge in [-0.15, -0.1) is 0 Å². The van der Waals surface area contributed by atoms with E-state index in [0.29, 0.717) is 6.61 Å². The molecule has 0 N–H and O–H groups in total. The Morgan fingerprint density at radius 3 is 2.00 bits per heavy atom. The standard InChI is InChI=1S/C11H19NO5/c1-4-16-10(14)7-6-9(13)12(3)8-11(15)17-5-2/h4-8H2,1-3H3. The van der Waals surface area contributed by atoms with Crippen LogP contribution in [0.3, 0.4) is 0 Å². The fourth-order valence-electron chi connectivity index (χ4n) is 1.12. The first-order valence-electron chi connectivity index (χ1n) is 5.56. The minimum atomic E-state index is -0.459. The molecule has 0 aromatic carbocycles. The SMILES string of the molecule is CCOC(=O)CCC(=O)N(C)CC(=O)OCC. The van der Waals surface area contributed by atoms with Crippen LogP contribution in [0, 0.1) is 0 Å². The number of nitrogens with zero attached hydrogens (tertiary/aromatic N) is 1. The van der Waals surface area contributed by atoms with Gasteiger partial charge in [0, 0.05) is 13.5 Å². The van der Waals surface area contributed by atoms with Crippen LogP contribution in [-0.2, 0) is 23.9 Å². The average Bonchev–Trinajstić information content (AvgIpc) is 2.26. The summed E-state index contributed by atoms with van der Waals surface area (Å²) < 4.78 is 9.39. The Bertz CT molecular complexity index is 277. The number of hydrogen-bond acceptors (Lipinski definition) is 5. The molecule has 0 saturated carbocycles. The van der Waals surface area contributed by atoms with E-state index in [0.717, 1.165) is 0 Å². The first-order chi connectivity index (χ1) is 8.01. The second-order valence-corrected chi connectivity index (χ2v) is 3.36. The van der Waals surface area contributed by atoms with E-state index in [9.17, 15) is 14.4 Å². The zero-order valence-electron chi connectivity index (χ0n) is 10.5. The topological polar surface area (TPSA) is 72.9 Å². The van der Waals surface area contributed by atoms with Crippen molar-refractivity contribution in [1.82, 2.24) is 4.90 Å². The highest BCUT2D eigenvalue weighted by atomic mass is 16.5. The lowest BCUT2D eigenvalue weighted by molar-refractivity contribution is -0.149. The van der Waals surface area contributed by atoms with E-state index in [1.54, 1.807) is 13.8 Å². The Labute approximate surface area is 101 Å². The molecule has 0 saturated heterocycles. The third kappa shape index (κ3) is 7.32. The molecule has 6 heteroatoms. The van der Waals surface area contributed by atoms with E-state index >= 15 is 0 Å². The molecule has 0 aromatic rings. The number of carbonyl (C=O) groups excluding carboxylic acids is 3. The fourth-order valence-corrected chi connectivity index (χ4v) is 1.12. The minimum absolute atomic E-state index is 0.0276. The normalized spacial score (nSPS) is 9.59. The molecule has 0 bridgehead atoms. The molecule has 1 amide bonds. The highest BCUT2D eigenvalue weighted by molar-refractivity contribution is 5.84. The van der Waals surface area contributed by atoms with Gasteiger partial charge in [-0.1, -0.05) is 0 Å². The van der Waals surface area contributed by atoms with Crippen molar-refractivity contribution in [1.29, 1.82) is 0 Å². The number of ether oxygens (including phenoxy) is 2. The number of rotatable bonds is 7. The summed E-state index contributed by atoms with van der Waals surface area (Å²) in [5.41, 5.74) is 0. The maximum atomic E-state index is 11.5. The summed E-state index contributed by atoms with van der Waals surface area (Å²) in [4.78, 5) is 34.8. The smallest absolute Gasteiger partial charge is 0.325 e. The summed E-state index contributed by atoms with van der Waals surface area (Å²) in [5.74, 6) is -1.16. The molecule has 0 unspecified atom stereocenters. The van der Waals surface area contributed by atoms with Crippen LogP contribution in [0.4, 0.5) is 0 Å². The summed E-state index contributed by atoms with van der Waals surface area (Å²) in [5, 5.41) is 0. The Balaban J connectivity index is 3.89. The lowest BCUT2D eigenvalue weighted by atomic mass is 10.3. The Hall–Kier alpha value is -1.59. The molecule has 0 aliphatic rings. The van der Waals surface area contributed by atoms with Gasteiger partial charge in [0.15, 0.2) is 0 Å². The Morgan fingerprint density at radius 1 is 0.941 bits per heavy atom. The zero-order chi connectivity index (χ0) is 13.3. The van der Waals surface area contributed by atoms with Crippen molar-refractivity contribution in [3.05, 3.63) is 0 Å². The largest absolute Gasteiger partial charge is 0.466 e. The summed E-state index contributed by atoms with van der Waals surface area (Å²) in [6, 6.07) is 0. The Morgan fingerprint density at radius 2 is 1.47 bits per heavy atom. The van der Waals surface area contributed by atoms with E-state index in [1.165, 1.54) is 11.9 Å². The zero-order valence-corrected chi connectivity index (χ0v) is 10.5. The maximum absolute atomic E-state index is 11.5. The van der Waals surface area contributed by atoms with Gasteiger partial charge >= 0.3 is 11.9 Å². The van der Waals surface area contributed by atoms with E-state index in [-0.39, 0.29) is 31.9 Å². The van der Waals surface area contributed by atoms with Crippen LogP contribution in [-0.4, -0.2) is 49.6 Å². The van der Waals surface area contributed by atoms with E-state index in [2.05, 4.69) is 0 Å². The van der Waals surface area contributed by atoms with Crippen molar-refractivity contribution in [3.63, 3.8) is 0 Å². The van der Waals surface area contributed by atoms with Crippen molar-refractivity contribution in [2.24, 2.45) is 0 Å². The molecule has 0 aliphatic heterocycles. The van der Waals surface area contributed by atoms with Gasteiger partial charge in [-0.3, -0.25) is 14.4 Å². The van der Waals surface area contributed by atoms with Crippen LogP contribution in [0.15, 0.2) is 0 Å². The number of amides is 1. The van der Waals surface area contributed by atoms with E-state index in [1.807, 2.05) is 0 Å². The summed E-state index contributed by atoms with van der Waals surface area (Å²) in [6.07, 6.45) is 0.0641. The average molecular weight is 245 g/mol. The fraction of sp³-hybridized carbons (Fsp3) is 0.727. The van der Waals surface area contributed by atoms with Gasteiger partial charge in [-0.2, -0.15) is 0 Å². The highest BCUT2D eigenvalue weighted by Gasteiger charge is 2.15. The van der Waals surface area contributed by atoms with Crippen molar-refractivity contribution in [3.8, 4) is 0 Å². The van der Waals surface area contributed by atoms with Crippen molar-refractivity contribution in [2.45, 2.75) is 26.7 Å². The monoisotopic (exact) mass is 245 g/mol. The molecule has 0 rings (SSSR count). The molecule has 17 heavy (non-hydrogen) atoms. The highest BCUT2D eigenvalue weighted by Crippen LogP contribution is 1.98. The first-order valence-corrected chi connectivity index (χ1v) is 5.56. The summed E-state index contributed by atoms with van der Waals surface area (Å²) in [6.45, 7) is 3.87. The summed E-state index contributed by atoms with van der Waals surface area (Å²) >= 11 is 0. The molecule has 0 aromatic heterocycles. The number of likely N-dealkylation sites (N-methyl/N-ethyl adjacent to an activating group) is 1. The van der Waals surface area contributed by atoms with Crippen LogP contribution in [0.1, 0.15) is 26.7 Å². The molecule has 0 spiro atoms. The lowest BCUT2D eigenvalue weighted by Gasteiger charge is -2.15. The summed E-state index contributed by atoms with van der Waals surface area (Å²) in [7, 11) is 1.49. The third-order valence-corrected chi connectivity index (χ3v) is 1.95. The molecule has 0 atom stereocenters. The van der Waals surface area contributed by atoms with E-state index < -0.39 is 11.9 Å². The molecule has 6 nitrogen and oxygen atoms in total. The van der Waals surface area contributed by atoms with Crippen molar-refractivity contribution < 1.29 is 23.9 Å². The second kappa shape index (κ2) is 8.55. The van der Waals surface area contributed by atoms with Gasteiger partial charge in [-0.25, -0.2) is 0 Å². The van der Waals surface area contributed by atoms with Crippen LogP contribution in [0.5, 0.6) is 0 Å². The number of carbonyl (C=O) groups is 3. The molecule has 0 heterocycles. The quantitative estimate of drug-likeness (QED) is 0.605. The molecule has 0 radical (unpaired) electrons. The van der Waals surface area contributed by atoms with Crippen LogP contribution < -0.4 is 0 Å². The predicted molar refractivity (Wildman–Crippen MR) is 60.1 cm³/mol. The van der Waals surface area contributed by atoms with Gasteiger partial charge < -0.3 is 14.4 Å². The molecule has 0 aliphatic carbocycles. The lowest BCUT2D eigenvalue weighted by Crippen LogP contribution is -2.33. The van der Waals surface area contributed by atoms with Crippen molar-refractivity contribution in [2.75, 3.05) is 26.8 Å². The van der Waals surface area contributed by atoms with Gasteiger partial charge in [-0.05, 0) is 13.8 Å². The van der Waals surface area contributed by atoms with Gasteiger partial charge in [0.05, 0.1) is 19.6 Å². The predicted octanol–water partition coefficient (Wildman–Crippen LogP) is 0.351. The number of hydrogen-bond donors (Lipinski definition) is 0. The molecule has 0 fully saturated rings. The molecular formula is C11H19NO5. The van der Waals surface area contributed by atoms with Crippen molar-refractivity contribution >= 4 is 17.8 Å². The van der Waals surface area contributed by atoms with Crippen LogP contribution >= 0.6 is 0 Å². The Kier molecular flexibility index (Phi) is 7.75. The van der Waals surface area contributed by atoms with Crippen LogP contribution in [0.25, 0.3) is 0 Å². The number of esters is 2. The second-order valence-electron chi connectivity index (χ2n) is 3.36. The van der Waals surface area contributed by atoms with Gasteiger partial charge in [0.2, 0.25) is 5.91 Å². The molecule has 98 valence electrons. The van der Waals surface area contributed by atoms with Gasteiger partial charge in [0.25, 0.3) is 0 Å². The first kappa shape index (κ1) is 15.4. The van der Waals surface area contributed by atoms with E-state index in [4.69, 9.17) is 9.47 Å². The molecular weight excluding hydrogens is 226 g/mol. The van der Waals surface area contributed by atoms with Crippen LogP contribution in [0.2, 0.25) is 0 Å².